The first-order chi connectivity index (χ1) is 8.13. The first-order valence-electron chi connectivity index (χ1n) is 6.27. The first-order valence-corrected chi connectivity index (χ1v) is 6.27. The molecule has 0 aromatic heterocycles. The molecule has 0 saturated carbocycles. The molecule has 1 aliphatic rings. The lowest BCUT2D eigenvalue weighted by molar-refractivity contribution is 0.0600. The fourth-order valence-electron chi connectivity index (χ4n) is 2.36. The van der Waals surface area contributed by atoms with Gasteiger partial charge in [0.05, 0.1) is 11.7 Å². The highest BCUT2D eigenvalue weighted by Gasteiger charge is 2.28. The van der Waals surface area contributed by atoms with Crippen LogP contribution in [0.1, 0.15) is 26.3 Å². The van der Waals surface area contributed by atoms with Crippen molar-refractivity contribution in [1.29, 1.82) is 0 Å². The summed E-state index contributed by atoms with van der Waals surface area (Å²) in [6, 6.07) is 6.63. The number of hydrogen-bond donors (Lipinski definition) is 0. The molecule has 0 radical (unpaired) electrons. The van der Waals surface area contributed by atoms with Crippen LogP contribution >= 0.6 is 0 Å². The molecule has 2 atom stereocenters. The van der Waals surface area contributed by atoms with Crippen molar-refractivity contribution >= 4 is 5.69 Å². The summed E-state index contributed by atoms with van der Waals surface area (Å²) in [5, 5.41) is 0. The molecule has 0 saturated heterocycles. The summed E-state index contributed by atoms with van der Waals surface area (Å²) in [5.74, 6) is 0.959. The topological polar surface area (TPSA) is 21.7 Å². The van der Waals surface area contributed by atoms with E-state index in [0.29, 0.717) is 12.6 Å². The summed E-state index contributed by atoms with van der Waals surface area (Å²) in [6.07, 6.45) is 0.0828. The van der Waals surface area contributed by atoms with Crippen LogP contribution in [0, 0.1) is 6.92 Å². The molecule has 1 aromatic carbocycles. The Balaban J connectivity index is 2.35. The van der Waals surface area contributed by atoms with E-state index in [1.807, 2.05) is 13.0 Å². The Hall–Kier alpha value is -1.22. The van der Waals surface area contributed by atoms with E-state index in [-0.39, 0.29) is 6.23 Å². The zero-order valence-electron chi connectivity index (χ0n) is 11.1. The van der Waals surface area contributed by atoms with Crippen molar-refractivity contribution in [2.24, 2.45) is 0 Å². The van der Waals surface area contributed by atoms with Crippen LogP contribution in [0.2, 0.25) is 0 Å². The average molecular weight is 235 g/mol. The number of fused-ring (bicyclic) bond motifs is 1. The first kappa shape index (κ1) is 12.2. The van der Waals surface area contributed by atoms with Gasteiger partial charge in [-0.15, -0.1) is 0 Å². The van der Waals surface area contributed by atoms with E-state index in [9.17, 15) is 0 Å². The van der Waals surface area contributed by atoms with Gasteiger partial charge in [-0.25, -0.2) is 0 Å². The second-order valence-electron chi connectivity index (χ2n) is 4.59. The summed E-state index contributed by atoms with van der Waals surface area (Å²) < 4.78 is 11.5. The molecule has 17 heavy (non-hydrogen) atoms. The molecule has 1 heterocycles. The van der Waals surface area contributed by atoms with Crippen molar-refractivity contribution in [3.05, 3.63) is 23.8 Å². The Kier molecular flexibility index (Phi) is 3.57. The van der Waals surface area contributed by atoms with Crippen molar-refractivity contribution in [3.8, 4) is 5.75 Å². The number of rotatable bonds is 3. The predicted molar refractivity (Wildman–Crippen MR) is 69.7 cm³/mol. The van der Waals surface area contributed by atoms with Gasteiger partial charge in [-0.3, -0.25) is 0 Å². The molecule has 1 aliphatic heterocycles. The summed E-state index contributed by atoms with van der Waals surface area (Å²) in [4.78, 5) is 2.30. The molecule has 3 nitrogen and oxygen atoms in total. The molecule has 0 aliphatic carbocycles. The Bertz CT molecular complexity index is 392. The van der Waals surface area contributed by atoms with Gasteiger partial charge in [-0.2, -0.15) is 0 Å². The van der Waals surface area contributed by atoms with Crippen LogP contribution in [0.3, 0.4) is 0 Å². The lowest BCUT2D eigenvalue weighted by Crippen LogP contribution is -2.47. The van der Waals surface area contributed by atoms with E-state index in [1.54, 1.807) is 0 Å². The number of hydrogen-bond acceptors (Lipinski definition) is 3. The minimum absolute atomic E-state index is 0.0828. The van der Waals surface area contributed by atoms with Gasteiger partial charge in [0.15, 0.2) is 0 Å². The molecular weight excluding hydrogens is 214 g/mol. The number of nitrogens with zero attached hydrogens (tertiary/aromatic N) is 1. The molecule has 0 spiro atoms. The molecule has 0 fully saturated rings. The summed E-state index contributed by atoms with van der Waals surface area (Å²) >= 11 is 0. The Morgan fingerprint density at radius 3 is 3.00 bits per heavy atom. The highest BCUT2D eigenvalue weighted by Crippen LogP contribution is 2.36. The van der Waals surface area contributed by atoms with Crippen molar-refractivity contribution < 1.29 is 9.47 Å². The summed E-state index contributed by atoms with van der Waals surface area (Å²) in [7, 11) is 0. The van der Waals surface area contributed by atoms with Gasteiger partial charge in [0.2, 0.25) is 0 Å². The van der Waals surface area contributed by atoms with Crippen molar-refractivity contribution in [1.82, 2.24) is 0 Å². The smallest absolute Gasteiger partial charge is 0.142 e. The molecule has 0 bridgehead atoms. The Labute approximate surface area is 103 Å². The highest BCUT2D eigenvalue weighted by atomic mass is 16.5. The number of ether oxygens (including phenoxy) is 2. The second kappa shape index (κ2) is 4.96. The SMILES string of the molecule is CCOC(C)N1c2cc(C)ccc2OCC1C. The third-order valence-electron chi connectivity index (χ3n) is 3.15. The van der Waals surface area contributed by atoms with Gasteiger partial charge in [0.25, 0.3) is 0 Å². The van der Waals surface area contributed by atoms with E-state index in [2.05, 4.69) is 37.8 Å². The number of anilines is 1. The van der Waals surface area contributed by atoms with Crippen molar-refractivity contribution in [2.75, 3.05) is 18.1 Å². The highest BCUT2D eigenvalue weighted by molar-refractivity contribution is 5.62. The van der Waals surface area contributed by atoms with Gasteiger partial charge in [-0.05, 0) is 45.4 Å². The molecule has 0 N–H and O–H groups in total. The minimum atomic E-state index is 0.0828. The molecule has 2 rings (SSSR count). The zero-order chi connectivity index (χ0) is 12.4. The Morgan fingerprint density at radius 2 is 2.29 bits per heavy atom. The maximum atomic E-state index is 5.75. The third kappa shape index (κ3) is 2.39. The molecule has 2 unspecified atom stereocenters. The normalized spacial score (nSPS) is 20.7. The van der Waals surface area contributed by atoms with Crippen LogP contribution in [-0.4, -0.2) is 25.5 Å². The van der Waals surface area contributed by atoms with Crippen LogP contribution in [0.25, 0.3) is 0 Å². The van der Waals surface area contributed by atoms with Gasteiger partial charge in [-0.1, -0.05) is 6.07 Å². The summed E-state index contributed by atoms with van der Waals surface area (Å²) in [5.41, 5.74) is 2.39. The minimum Gasteiger partial charge on any atom is -0.489 e. The monoisotopic (exact) mass is 235 g/mol. The van der Waals surface area contributed by atoms with Crippen molar-refractivity contribution in [3.63, 3.8) is 0 Å². The van der Waals surface area contributed by atoms with E-state index >= 15 is 0 Å². The largest absolute Gasteiger partial charge is 0.489 e. The third-order valence-corrected chi connectivity index (χ3v) is 3.15. The molecule has 3 heteroatoms. The second-order valence-corrected chi connectivity index (χ2v) is 4.59. The van der Waals surface area contributed by atoms with Gasteiger partial charge < -0.3 is 14.4 Å². The van der Waals surface area contributed by atoms with E-state index in [0.717, 1.165) is 18.0 Å². The van der Waals surface area contributed by atoms with Crippen LogP contribution in [-0.2, 0) is 4.74 Å². The van der Waals surface area contributed by atoms with Crippen LogP contribution in [0.15, 0.2) is 18.2 Å². The fraction of sp³-hybridized carbons (Fsp3) is 0.571. The lowest BCUT2D eigenvalue weighted by atomic mass is 10.1. The molecule has 94 valence electrons. The average Bonchev–Trinajstić information content (AvgIpc) is 2.28. The standard InChI is InChI=1S/C14H21NO2/c1-5-16-12(4)15-11(3)9-17-14-7-6-10(2)8-13(14)15/h6-8,11-12H,5,9H2,1-4H3. The lowest BCUT2D eigenvalue weighted by Gasteiger charge is -2.40. The molecule has 0 amide bonds. The van der Waals surface area contributed by atoms with E-state index in [4.69, 9.17) is 9.47 Å². The quantitative estimate of drug-likeness (QED) is 0.804. The maximum Gasteiger partial charge on any atom is 0.142 e. The molecule has 1 aromatic rings. The fourth-order valence-corrected chi connectivity index (χ4v) is 2.36. The Morgan fingerprint density at radius 1 is 1.53 bits per heavy atom. The van der Waals surface area contributed by atoms with Gasteiger partial charge >= 0.3 is 0 Å². The zero-order valence-corrected chi connectivity index (χ0v) is 11.1. The van der Waals surface area contributed by atoms with Crippen molar-refractivity contribution in [2.45, 2.75) is 40.0 Å². The van der Waals surface area contributed by atoms with Gasteiger partial charge in [0, 0.05) is 6.61 Å². The number of aryl methyl sites for hydroxylation is 1. The number of benzene rings is 1. The molecular formula is C14H21NO2. The van der Waals surface area contributed by atoms with Crippen LogP contribution in [0.5, 0.6) is 5.75 Å². The predicted octanol–water partition coefficient (Wildman–Crippen LogP) is 2.96. The van der Waals surface area contributed by atoms with Crippen LogP contribution < -0.4 is 9.64 Å². The summed E-state index contributed by atoms with van der Waals surface area (Å²) in [6.45, 7) is 9.83. The van der Waals surface area contributed by atoms with Crippen LogP contribution in [0.4, 0.5) is 5.69 Å². The van der Waals surface area contributed by atoms with E-state index in [1.165, 1.54) is 5.56 Å². The van der Waals surface area contributed by atoms with Gasteiger partial charge in [0.1, 0.15) is 18.6 Å². The van der Waals surface area contributed by atoms with E-state index < -0.39 is 0 Å². The maximum absolute atomic E-state index is 5.75.